The van der Waals surface area contributed by atoms with E-state index in [1.165, 1.54) is 5.56 Å². The highest BCUT2D eigenvalue weighted by atomic mass is 79.9. The quantitative estimate of drug-likeness (QED) is 0.893. The van der Waals surface area contributed by atoms with Crippen LogP contribution in [0.3, 0.4) is 0 Å². The van der Waals surface area contributed by atoms with Gasteiger partial charge in [-0.3, -0.25) is 4.90 Å². The number of benzene rings is 1. The minimum absolute atomic E-state index is 0.347. The molecule has 1 fully saturated rings. The average molecular weight is 372 g/mol. The number of hydrogen-bond donors (Lipinski definition) is 1. The molecule has 23 heavy (non-hydrogen) atoms. The van der Waals surface area contributed by atoms with E-state index in [0.717, 1.165) is 36.9 Å². The van der Waals surface area contributed by atoms with Gasteiger partial charge in [-0.05, 0) is 30.5 Å². The van der Waals surface area contributed by atoms with Crippen molar-refractivity contribution in [1.82, 2.24) is 14.9 Å². The first-order chi connectivity index (χ1) is 11.2. The Morgan fingerprint density at radius 3 is 2.57 bits per heavy atom. The molecule has 0 unspecified atom stereocenters. The Hall–Kier alpha value is -1.97. The van der Waals surface area contributed by atoms with Crippen LogP contribution >= 0.6 is 15.9 Å². The van der Waals surface area contributed by atoms with E-state index in [1.807, 2.05) is 0 Å². The van der Waals surface area contributed by atoms with Gasteiger partial charge in [-0.2, -0.15) is 5.26 Å². The molecule has 1 aromatic carbocycles. The maximum atomic E-state index is 9.07. The molecule has 1 aliphatic rings. The number of hydrogen-bond acceptors (Lipinski definition) is 5. The fourth-order valence-corrected chi connectivity index (χ4v) is 3.07. The largest absolute Gasteiger partial charge is 0.365 e. The predicted octanol–water partition coefficient (Wildman–Crippen LogP) is 3.19. The third-order valence-electron chi connectivity index (χ3n) is 4.05. The first-order valence-electron chi connectivity index (χ1n) is 7.69. The van der Waals surface area contributed by atoms with Crippen LogP contribution in [-0.2, 0) is 6.54 Å². The molecule has 3 rings (SSSR count). The van der Waals surface area contributed by atoms with Crippen LogP contribution in [0.4, 0.5) is 5.82 Å². The number of likely N-dealkylation sites (tertiary alicyclic amines) is 1. The molecule has 2 aromatic rings. The Kier molecular flexibility index (Phi) is 5.21. The van der Waals surface area contributed by atoms with E-state index in [4.69, 9.17) is 5.26 Å². The first-order valence-corrected chi connectivity index (χ1v) is 8.48. The van der Waals surface area contributed by atoms with Crippen LogP contribution in [0.5, 0.6) is 0 Å². The summed E-state index contributed by atoms with van der Waals surface area (Å²) in [5.74, 6) is 0.598. The van der Waals surface area contributed by atoms with E-state index in [9.17, 15) is 0 Å². The van der Waals surface area contributed by atoms with Crippen molar-refractivity contribution in [3.8, 4) is 6.07 Å². The zero-order valence-corrected chi connectivity index (χ0v) is 14.3. The maximum absolute atomic E-state index is 9.07. The van der Waals surface area contributed by atoms with Crippen molar-refractivity contribution < 1.29 is 0 Å². The van der Waals surface area contributed by atoms with E-state index in [1.54, 1.807) is 12.4 Å². The minimum Gasteiger partial charge on any atom is -0.365 e. The predicted molar refractivity (Wildman–Crippen MR) is 92.8 cm³/mol. The van der Waals surface area contributed by atoms with Crippen molar-refractivity contribution in [2.24, 2.45) is 0 Å². The lowest BCUT2D eigenvalue weighted by Crippen LogP contribution is -2.39. The van der Waals surface area contributed by atoms with Gasteiger partial charge in [0.25, 0.3) is 0 Å². The van der Waals surface area contributed by atoms with Crippen LogP contribution in [0.2, 0.25) is 0 Å². The van der Waals surface area contributed by atoms with Crippen molar-refractivity contribution in [1.29, 1.82) is 5.26 Å². The summed E-state index contributed by atoms with van der Waals surface area (Å²) in [5, 5.41) is 12.4. The molecule has 0 bridgehead atoms. The fourth-order valence-electron chi connectivity index (χ4n) is 2.80. The van der Waals surface area contributed by atoms with Crippen LogP contribution in [0.25, 0.3) is 0 Å². The Labute approximate surface area is 144 Å². The van der Waals surface area contributed by atoms with Gasteiger partial charge in [0.05, 0.1) is 0 Å². The van der Waals surface area contributed by atoms with Gasteiger partial charge in [-0.15, -0.1) is 0 Å². The van der Waals surface area contributed by atoms with Crippen molar-refractivity contribution in [3.05, 3.63) is 52.4 Å². The molecule has 118 valence electrons. The number of piperidine rings is 1. The molecule has 1 N–H and O–H groups in total. The Morgan fingerprint density at radius 1 is 1.17 bits per heavy atom. The van der Waals surface area contributed by atoms with E-state index in [-0.39, 0.29) is 0 Å². The average Bonchev–Trinajstić information content (AvgIpc) is 2.59. The number of nitrogens with one attached hydrogen (secondary N) is 1. The Morgan fingerprint density at radius 2 is 1.87 bits per heavy atom. The van der Waals surface area contributed by atoms with Crippen molar-refractivity contribution >= 4 is 21.7 Å². The highest BCUT2D eigenvalue weighted by Gasteiger charge is 2.20. The molecule has 6 heteroatoms. The lowest BCUT2D eigenvalue weighted by Gasteiger charge is -2.32. The van der Waals surface area contributed by atoms with Crippen molar-refractivity contribution in [2.45, 2.75) is 25.4 Å². The van der Waals surface area contributed by atoms with Gasteiger partial charge in [0.2, 0.25) is 0 Å². The van der Waals surface area contributed by atoms with Gasteiger partial charge in [0.15, 0.2) is 11.5 Å². The van der Waals surface area contributed by atoms with Gasteiger partial charge in [0, 0.05) is 42.5 Å². The van der Waals surface area contributed by atoms with E-state index >= 15 is 0 Å². The van der Waals surface area contributed by atoms with Gasteiger partial charge in [0.1, 0.15) is 6.07 Å². The van der Waals surface area contributed by atoms with Gasteiger partial charge in [-0.1, -0.05) is 28.1 Å². The third-order valence-corrected chi connectivity index (χ3v) is 4.58. The van der Waals surface area contributed by atoms with Crippen molar-refractivity contribution in [3.63, 3.8) is 0 Å². The first kappa shape index (κ1) is 15.9. The summed E-state index contributed by atoms with van der Waals surface area (Å²) in [6, 6.07) is 10.9. The van der Waals surface area contributed by atoms with E-state index in [0.29, 0.717) is 17.6 Å². The lowest BCUT2D eigenvalue weighted by molar-refractivity contribution is 0.211. The van der Waals surface area contributed by atoms with Gasteiger partial charge in [-0.25, -0.2) is 9.97 Å². The second-order valence-corrected chi connectivity index (χ2v) is 6.60. The smallest absolute Gasteiger partial charge is 0.182 e. The topological polar surface area (TPSA) is 64.8 Å². The summed E-state index contributed by atoms with van der Waals surface area (Å²) in [4.78, 5) is 10.7. The SMILES string of the molecule is N#Cc1nccnc1NC1CCN(Cc2ccc(Br)cc2)CC1. The van der Waals surface area contributed by atoms with Crippen LogP contribution in [0, 0.1) is 11.3 Å². The van der Waals surface area contributed by atoms with E-state index in [2.05, 4.69) is 66.4 Å². The fraction of sp³-hybridized carbons (Fsp3) is 0.353. The molecular weight excluding hydrogens is 354 g/mol. The molecule has 5 nitrogen and oxygen atoms in total. The molecule has 0 radical (unpaired) electrons. The molecule has 2 heterocycles. The number of rotatable bonds is 4. The molecule has 1 saturated heterocycles. The van der Waals surface area contributed by atoms with E-state index < -0.39 is 0 Å². The zero-order chi connectivity index (χ0) is 16.1. The number of anilines is 1. The summed E-state index contributed by atoms with van der Waals surface area (Å²) < 4.78 is 1.11. The zero-order valence-electron chi connectivity index (χ0n) is 12.7. The highest BCUT2D eigenvalue weighted by molar-refractivity contribution is 9.10. The van der Waals surface area contributed by atoms with Crippen molar-refractivity contribution in [2.75, 3.05) is 18.4 Å². The molecule has 1 aliphatic heterocycles. The molecule has 0 saturated carbocycles. The highest BCUT2D eigenvalue weighted by Crippen LogP contribution is 2.19. The molecule has 0 spiro atoms. The second-order valence-electron chi connectivity index (χ2n) is 5.69. The van der Waals surface area contributed by atoms with Gasteiger partial charge >= 0.3 is 0 Å². The molecule has 0 amide bonds. The normalized spacial score (nSPS) is 16.0. The second kappa shape index (κ2) is 7.53. The molecule has 1 aromatic heterocycles. The minimum atomic E-state index is 0.347. The molecular formula is C17H18BrN5. The number of nitrogens with zero attached hydrogens (tertiary/aromatic N) is 4. The Bertz CT molecular complexity index is 687. The maximum Gasteiger partial charge on any atom is 0.182 e. The number of nitriles is 1. The van der Waals surface area contributed by atoms with Crippen LogP contribution in [0.15, 0.2) is 41.1 Å². The van der Waals surface area contributed by atoms with Crippen LogP contribution < -0.4 is 5.32 Å². The molecule has 0 atom stereocenters. The summed E-state index contributed by atoms with van der Waals surface area (Å²) in [6.07, 6.45) is 5.24. The molecule has 0 aliphatic carbocycles. The van der Waals surface area contributed by atoms with Crippen LogP contribution in [-0.4, -0.2) is 34.0 Å². The Balaban J connectivity index is 1.52. The summed E-state index contributed by atoms with van der Waals surface area (Å²) in [6.45, 7) is 3.06. The summed E-state index contributed by atoms with van der Waals surface area (Å²) in [5.41, 5.74) is 1.70. The number of halogens is 1. The number of aromatic nitrogens is 2. The lowest BCUT2D eigenvalue weighted by atomic mass is 10.0. The summed E-state index contributed by atoms with van der Waals surface area (Å²) >= 11 is 3.47. The third kappa shape index (κ3) is 4.27. The monoisotopic (exact) mass is 371 g/mol. The standard InChI is InChI=1S/C17H18BrN5/c18-14-3-1-13(2-4-14)12-23-9-5-15(6-10-23)22-17-16(11-19)20-7-8-21-17/h1-4,7-8,15H,5-6,9-10,12H2,(H,21,22). The van der Waals surface area contributed by atoms with Crippen LogP contribution in [0.1, 0.15) is 24.1 Å². The van der Waals surface area contributed by atoms with Gasteiger partial charge < -0.3 is 5.32 Å². The summed E-state index contributed by atoms with van der Waals surface area (Å²) in [7, 11) is 0.